The van der Waals surface area contributed by atoms with Gasteiger partial charge in [0.25, 0.3) is 0 Å². The van der Waals surface area contributed by atoms with Crippen molar-refractivity contribution >= 4 is 29.2 Å². The highest BCUT2D eigenvalue weighted by Crippen LogP contribution is 2.31. The van der Waals surface area contributed by atoms with Gasteiger partial charge in [0.2, 0.25) is 0 Å². The molecule has 0 aliphatic rings. The van der Waals surface area contributed by atoms with Gasteiger partial charge < -0.3 is 14.2 Å². The van der Waals surface area contributed by atoms with Crippen LogP contribution in [0.4, 0.5) is 0 Å². The maximum Gasteiger partial charge on any atom is 0.389 e. The number of carbonyl (C=O) groups excluding carboxylic acids is 1. The van der Waals surface area contributed by atoms with Crippen LogP contribution in [0.15, 0.2) is 24.3 Å². The molecule has 0 atom stereocenters. The van der Waals surface area contributed by atoms with Crippen molar-refractivity contribution in [1.29, 1.82) is 0 Å². The van der Waals surface area contributed by atoms with Gasteiger partial charge in [0, 0.05) is 10.0 Å². The smallest absolute Gasteiger partial charge is 0.389 e. The molecule has 0 saturated carbocycles. The molecule has 2 aromatic carbocycles. The number of carbonyl (C=O) groups is 1. The van der Waals surface area contributed by atoms with Gasteiger partial charge in [-0.05, 0) is 74.2 Å². The summed E-state index contributed by atoms with van der Waals surface area (Å²) in [5.41, 5.74) is 3.19. The van der Waals surface area contributed by atoms with Crippen LogP contribution in [0.2, 0.25) is 10.0 Å². The summed E-state index contributed by atoms with van der Waals surface area (Å²) in [6.45, 7) is 7.39. The Morgan fingerprint density at radius 1 is 0.800 bits per heavy atom. The first-order chi connectivity index (χ1) is 11.7. The Morgan fingerprint density at radius 2 is 1.12 bits per heavy atom. The number of ether oxygens (including phenoxy) is 3. The fourth-order valence-corrected chi connectivity index (χ4v) is 3.25. The number of rotatable bonds is 5. The molecule has 0 spiro atoms. The van der Waals surface area contributed by atoms with Crippen LogP contribution in [0, 0.1) is 27.7 Å². The molecule has 0 aliphatic carbocycles. The van der Waals surface area contributed by atoms with E-state index in [1.165, 1.54) is 7.11 Å². The zero-order chi connectivity index (χ0) is 18.7. The molecule has 0 radical (unpaired) electrons. The molecule has 25 heavy (non-hydrogen) atoms. The van der Waals surface area contributed by atoms with Crippen LogP contribution in [-0.4, -0.2) is 19.4 Å². The van der Waals surface area contributed by atoms with Crippen LogP contribution in [0.3, 0.4) is 0 Å². The van der Waals surface area contributed by atoms with Crippen molar-refractivity contribution in [3.05, 3.63) is 56.6 Å². The van der Waals surface area contributed by atoms with Gasteiger partial charge in [0.05, 0.1) is 7.11 Å². The largest absolute Gasteiger partial charge is 0.463 e. The first-order valence-corrected chi connectivity index (χ1v) is 8.43. The van der Waals surface area contributed by atoms with Crippen molar-refractivity contribution in [3.63, 3.8) is 0 Å². The Hall–Kier alpha value is -1.91. The predicted octanol–water partition coefficient (Wildman–Crippen LogP) is 5.18. The van der Waals surface area contributed by atoms with Crippen molar-refractivity contribution in [1.82, 2.24) is 0 Å². The molecule has 0 bridgehead atoms. The van der Waals surface area contributed by atoms with Crippen molar-refractivity contribution in [2.24, 2.45) is 0 Å². The van der Waals surface area contributed by atoms with Gasteiger partial charge in [0.1, 0.15) is 11.5 Å². The highest BCUT2D eigenvalue weighted by Gasteiger charge is 2.26. The molecule has 6 heteroatoms. The molecule has 0 heterocycles. The quantitative estimate of drug-likeness (QED) is 0.527. The summed E-state index contributed by atoms with van der Waals surface area (Å²) < 4.78 is 16.5. The molecular formula is C19H20Cl2O4. The molecular weight excluding hydrogens is 363 g/mol. The topological polar surface area (TPSA) is 44.8 Å². The highest BCUT2D eigenvalue weighted by atomic mass is 35.5. The summed E-state index contributed by atoms with van der Waals surface area (Å²) in [5.74, 6) is 0.427. The van der Waals surface area contributed by atoms with Crippen molar-refractivity contribution in [2.75, 3.05) is 7.11 Å². The number of methoxy groups -OCH3 is 1. The lowest BCUT2D eigenvalue weighted by Gasteiger charge is -2.22. The van der Waals surface area contributed by atoms with Crippen LogP contribution in [-0.2, 0) is 9.53 Å². The van der Waals surface area contributed by atoms with E-state index in [1.54, 1.807) is 24.3 Å². The molecule has 0 aromatic heterocycles. The fourth-order valence-electron chi connectivity index (χ4n) is 2.60. The first kappa shape index (κ1) is 19.4. The Labute approximate surface area is 157 Å². The van der Waals surface area contributed by atoms with Gasteiger partial charge in [-0.1, -0.05) is 23.2 Å². The minimum Gasteiger partial charge on any atom is -0.463 e. The second-order valence-electron chi connectivity index (χ2n) is 5.83. The summed E-state index contributed by atoms with van der Waals surface area (Å²) in [5, 5.41) is 1.20. The average Bonchev–Trinajstić information content (AvgIpc) is 2.51. The number of halogens is 2. The van der Waals surface area contributed by atoms with Crippen LogP contribution in [0.1, 0.15) is 22.3 Å². The van der Waals surface area contributed by atoms with E-state index in [9.17, 15) is 4.79 Å². The zero-order valence-electron chi connectivity index (χ0n) is 14.8. The number of hydrogen-bond donors (Lipinski definition) is 0. The van der Waals surface area contributed by atoms with E-state index in [2.05, 4.69) is 0 Å². The van der Waals surface area contributed by atoms with E-state index >= 15 is 0 Å². The minimum absolute atomic E-state index is 0.532. The van der Waals surface area contributed by atoms with E-state index in [0.717, 1.165) is 22.3 Å². The third-order valence-corrected chi connectivity index (χ3v) is 4.13. The Balaban J connectivity index is 2.37. The monoisotopic (exact) mass is 382 g/mol. The minimum atomic E-state index is -1.25. The Bertz CT molecular complexity index is 696. The average molecular weight is 383 g/mol. The van der Waals surface area contributed by atoms with Crippen LogP contribution in [0.5, 0.6) is 11.5 Å². The van der Waals surface area contributed by atoms with Gasteiger partial charge in [-0.3, -0.25) is 0 Å². The standard InChI is InChI=1S/C19H20Cl2O4/c1-10-6-14(20)7-11(2)16(10)24-19(18(22)23-5)25-17-12(3)8-15(21)9-13(17)4/h6-9,19H,1-5H3. The van der Waals surface area contributed by atoms with E-state index in [0.29, 0.717) is 21.5 Å². The molecule has 0 fully saturated rings. The molecule has 4 nitrogen and oxygen atoms in total. The van der Waals surface area contributed by atoms with Gasteiger partial charge in [0.15, 0.2) is 0 Å². The third kappa shape index (κ3) is 4.59. The summed E-state index contributed by atoms with van der Waals surface area (Å²) in [7, 11) is 1.28. The second kappa shape index (κ2) is 7.98. The number of hydrogen-bond acceptors (Lipinski definition) is 4. The van der Waals surface area contributed by atoms with Crippen molar-refractivity contribution in [2.45, 2.75) is 34.0 Å². The zero-order valence-corrected chi connectivity index (χ0v) is 16.3. The second-order valence-corrected chi connectivity index (χ2v) is 6.70. The normalized spacial score (nSPS) is 10.7. The molecule has 0 saturated heterocycles. The van der Waals surface area contributed by atoms with Gasteiger partial charge in [-0.15, -0.1) is 0 Å². The number of aryl methyl sites for hydroxylation is 4. The van der Waals surface area contributed by atoms with E-state index in [-0.39, 0.29) is 0 Å². The summed E-state index contributed by atoms with van der Waals surface area (Å²) >= 11 is 12.1. The molecule has 0 amide bonds. The van der Waals surface area contributed by atoms with E-state index in [4.69, 9.17) is 37.4 Å². The van der Waals surface area contributed by atoms with Gasteiger partial charge in [-0.25, -0.2) is 4.79 Å². The van der Waals surface area contributed by atoms with Crippen LogP contribution >= 0.6 is 23.2 Å². The van der Waals surface area contributed by atoms with Crippen molar-refractivity contribution in [3.8, 4) is 11.5 Å². The maximum atomic E-state index is 12.2. The fraction of sp³-hybridized carbons (Fsp3) is 0.316. The molecule has 134 valence electrons. The summed E-state index contributed by atoms with van der Waals surface area (Å²) in [6.07, 6.45) is -1.25. The maximum absolute atomic E-state index is 12.2. The Morgan fingerprint density at radius 3 is 1.40 bits per heavy atom. The van der Waals surface area contributed by atoms with Crippen molar-refractivity contribution < 1.29 is 19.0 Å². The predicted molar refractivity (Wildman–Crippen MR) is 98.9 cm³/mol. The van der Waals surface area contributed by atoms with Crippen LogP contribution in [0.25, 0.3) is 0 Å². The molecule has 0 aliphatic heterocycles. The number of esters is 1. The molecule has 0 unspecified atom stereocenters. The third-order valence-electron chi connectivity index (χ3n) is 3.69. The summed E-state index contributed by atoms with van der Waals surface area (Å²) in [6, 6.07) is 7.04. The van der Waals surface area contributed by atoms with Gasteiger partial charge in [-0.2, -0.15) is 0 Å². The van der Waals surface area contributed by atoms with E-state index in [1.807, 2.05) is 27.7 Å². The summed E-state index contributed by atoms with van der Waals surface area (Å²) in [4.78, 5) is 12.2. The lowest BCUT2D eigenvalue weighted by atomic mass is 10.1. The number of benzene rings is 2. The highest BCUT2D eigenvalue weighted by molar-refractivity contribution is 6.31. The lowest BCUT2D eigenvalue weighted by Crippen LogP contribution is -2.35. The van der Waals surface area contributed by atoms with Gasteiger partial charge >= 0.3 is 12.3 Å². The molecule has 2 aromatic rings. The SMILES string of the molecule is COC(=O)C(Oc1c(C)cc(Cl)cc1C)Oc1c(C)cc(Cl)cc1C. The Kier molecular flexibility index (Phi) is 6.20. The first-order valence-electron chi connectivity index (χ1n) is 7.67. The molecule has 2 rings (SSSR count). The van der Waals surface area contributed by atoms with E-state index < -0.39 is 12.3 Å². The van der Waals surface area contributed by atoms with Crippen LogP contribution < -0.4 is 9.47 Å². The lowest BCUT2D eigenvalue weighted by molar-refractivity contribution is -0.162. The molecule has 0 N–H and O–H groups in total.